The third-order valence-corrected chi connectivity index (χ3v) is 4.61. The lowest BCUT2D eigenvalue weighted by Crippen LogP contribution is -1.94. The molecule has 1 saturated carbocycles. The fourth-order valence-electron chi connectivity index (χ4n) is 3.30. The highest BCUT2D eigenvalue weighted by molar-refractivity contribution is 6.12. The van der Waals surface area contributed by atoms with Crippen LogP contribution in [0.3, 0.4) is 0 Å². The van der Waals surface area contributed by atoms with E-state index in [0.717, 1.165) is 43.5 Å². The maximum absolute atomic E-state index is 4.95. The summed E-state index contributed by atoms with van der Waals surface area (Å²) in [4.78, 5) is 9.89. The Labute approximate surface area is 145 Å². The van der Waals surface area contributed by atoms with E-state index in [0.29, 0.717) is 0 Å². The van der Waals surface area contributed by atoms with Crippen molar-refractivity contribution in [3.63, 3.8) is 0 Å². The molecule has 1 aliphatic rings. The van der Waals surface area contributed by atoms with Gasteiger partial charge in [-0.3, -0.25) is 9.98 Å². The number of benzene rings is 2. The summed E-state index contributed by atoms with van der Waals surface area (Å²) in [5.41, 5.74) is 8.67. The fraction of sp³-hybridized carbons (Fsp3) is 0.364. The van der Waals surface area contributed by atoms with Crippen LogP contribution in [0.5, 0.6) is 0 Å². The molecule has 3 rings (SSSR count). The quantitative estimate of drug-likeness (QED) is 0.633. The van der Waals surface area contributed by atoms with Crippen LogP contribution in [0, 0.1) is 13.8 Å². The lowest BCUT2D eigenvalue weighted by molar-refractivity contribution is 0.921. The molecule has 1 fully saturated rings. The van der Waals surface area contributed by atoms with Crippen molar-refractivity contribution >= 4 is 22.8 Å². The molecular weight excluding hydrogens is 292 g/mol. The smallest absolute Gasteiger partial charge is 0.0687 e. The Morgan fingerprint density at radius 3 is 2.21 bits per heavy atom. The van der Waals surface area contributed by atoms with Gasteiger partial charge in [0.15, 0.2) is 0 Å². The van der Waals surface area contributed by atoms with Gasteiger partial charge in [-0.05, 0) is 55.9 Å². The van der Waals surface area contributed by atoms with Crippen molar-refractivity contribution in [3.8, 4) is 0 Å². The molecule has 2 aromatic carbocycles. The number of nitrogens with zero attached hydrogens (tertiary/aromatic N) is 2. The average molecular weight is 318 g/mol. The highest BCUT2D eigenvalue weighted by Gasteiger charge is 2.17. The molecule has 24 heavy (non-hydrogen) atoms. The summed E-state index contributed by atoms with van der Waals surface area (Å²) in [5, 5.41) is 0. The zero-order chi connectivity index (χ0) is 16.9. The molecule has 0 aliphatic heterocycles. The van der Waals surface area contributed by atoms with E-state index in [2.05, 4.69) is 63.2 Å². The molecule has 0 amide bonds. The topological polar surface area (TPSA) is 24.7 Å². The van der Waals surface area contributed by atoms with E-state index in [1.54, 1.807) is 0 Å². The molecule has 0 saturated heterocycles. The second-order valence-electron chi connectivity index (χ2n) is 6.65. The minimum atomic E-state index is 0.911. The van der Waals surface area contributed by atoms with E-state index >= 15 is 0 Å². The largest absolute Gasteiger partial charge is 0.257 e. The Bertz CT molecular complexity index is 764. The van der Waals surface area contributed by atoms with Crippen molar-refractivity contribution in [3.05, 3.63) is 59.2 Å². The molecule has 0 radical (unpaired) electrons. The number of hydrogen-bond donors (Lipinski definition) is 0. The summed E-state index contributed by atoms with van der Waals surface area (Å²) in [6.07, 6.45) is 5.22. The summed E-state index contributed by atoms with van der Waals surface area (Å²) in [6, 6.07) is 14.9. The Morgan fingerprint density at radius 1 is 0.833 bits per heavy atom. The number of para-hydroxylation sites is 2. The minimum Gasteiger partial charge on any atom is -0.257 e. The van der Waals surface area contributed by atoms with Gasteiger partial charge in [0.1, 0.15) is 0 Å². The molecule has 0 aromatic heterocycles. The predicted octanol–water partition coefficient (Wildman–Crippen LogP) is 6.29. The van der Waals surface area contributed by atoms with Crippen molar-refractivity contribution in [2.45, 2.75) is 52.9 Å². The zero-order valence-corrected chi connectivity index (χ0v) is 15.0. The van der Waals surface area contributed by atoms with Crippen LogP contribution in [0.2, 0.25) is 0 Å². The first kappa shape index (κ1) is 16.6. The summed E-state index contributed by atoms with van der Waals surface area (Å²) in [7, 11) is 0. The Kier molecular flexibility index (Phi) is 5.24. The highest BCUT2D eigenvalue weighted by Crippen LogP contribution is 2.28. The van der Waals surface area contributed by atoms with E-state index in [1.807, 2.05) is 0 Å². The van der Waals surface area contributed by atoms with E-state index in [9.17, 15) is 0 Å². The first-order chi connectivity index (χ1) is 11.7. The van der Waals surface area contributed by atoms with Gasteiger partial charge in [-0.15, -0.1) is 0 Å². The van der Waals surface area contributed by atoms with Gasteiger partial charge >= 0.3 is 0 Å². The summed E-state index contributed by atoms with van der Waals surface area (Å²) in [6.45, 7) is 6.49. The van der Waals surface area contributed by atoms with E-state index < -0.39 is 0 Å². The highest BCUT2D eigenvalue weighted by atomic mass is 14.8. The first-order valence-corrected chi connectivity index (χ1v) is 8.94. The maximum Gasteiger partial charge on any atom is 0.0687 e. The molecule has 0 heterocycles. The second-order valence-corrected chi connectivity index (χ2v) is 6.65. The van der Waals surface area contributed by atoms with Crippen molar-refractivity contribution in [2.75, 3.05) is 0 Å². The Balaban J connectivity index is 1.82. The van der Waals surface area contributed by atoms with Gasteiger partial charge in [0.2, 0.25) is 0 Å². The SMILES string of the molecule is CCCc1ccccc1N=C1CCC(=Nc2c(C)cccc2C)C1. The lowest BCUT2D eigenvalue weighted by atomic mass is 10.1. The van der Waals surface area contributed by atoms with Crippen molar-refractivity contribution in [2.24, 2.45) is 9.98 Å². The van der Waals surface area contributed by atoms with Crippen LogP contribution >= 0.6 is 0 Å². The monoisotopic (exact) mass is 318 g/mol. The summed E-state index contributed by atoms with van der Waals surface area (Å²) >= 11 is 0. The van der Waals surface area contributed by atoms with Gasteiger partial charge in [-0.1, -0.05) is 49.7 Å². The number of hydrogen-bond acceptors (Lipinski definition) is 2. The van der Waals surface area contributed by atoms with Gasteiger partial charge in [0, 0.05) is 17.8 Å². The minimum absolute atomic E-state index is 0.911. The normalized spacial score (nSPS) is 17.8. The standard InChI is InChI=1S/C22H26N2/c1-4-8-18-11-5-6-12-21(18)23-19-13-14-20(15-19)24-22-16(2)9-7-10-17(22)3/h5-7,9-12H,4,8,13-15H2,1-3H3. The second kappa shape index (κ2) is 7.57. The summed E-state index contributed by atoms with van der Waals surface area (Å²) < 4.78 is 0. The van der Waals surface area contributed by atoms with Crippen LogP contribution in [0.25, 0.3) is 0 Å². The van der Waals surface area contributed by atoms with Crippen LogP contribution in [0.1, 0.15) is 49.3 Å². The molecule has 0 unspecified atom stereocenters. The fourth-order valence-corrected chi connectivity index (χ4v) is 3.30. The van der Waals surface area contributed by atoms with Crippen LogP contribution in [-0.4, -0.2) is 11.4 Å². The number of aryl methyl sites for hydroxylation is 3. The molecule has 1 aliphatic carbocycles. The van der Waals surface area contributed by atoms with Crippen molar-refractivity contribution in [1.82, 2.24) is 0 Å². The molecule has 0 N–H and O–H groups in total. The lowest BCUT2D eigenvalue weighted by Gasteiger charge is -2.06. The van der Waals surface area contributed by atoms with Crippen LogP contribution in [0.15, 0.2) is 52.4 Å². The van der Waals surface area contributed by atoms with Gasteiger partial charge < -0.3 is 0 Å². The third kappa shape index (κ3) is 3.81. The maximum atomic E-state index is 4.95. The van der Waals surface area contributed by atoms with Crippen molar-refractivity contribution in [1.29, 1.82) is 0 Å². The van der Waals surface area contributed by atoms with E-state index in [-0.39, 0.29) is 0 Å². The van der Waals surface area contributed by atoms with Gasteiger partial charge in [-0.2, -0.15) is 0 Å². The third-order valence-electron chi connectivity index (χ3n) is 4.61. The molecule has 0 atom stereocenters. The van der Waals surface area contributed by atoms with Gasteiger partial charge in [-0.25, -0.2) is 0 Å². The predicted molar refractivity (Wildman–Crippen MR) is 104 cm³/mol. The van der Waals surface area contributed by atoms with Crippen molar-refractivity contribution < 1.29 is 0 Å². The number of rotatable bonds is 4. The summed E-state index contributed by atoms with van der Waals surface area (Å²) in [5.74, 6) is 0. The first-order valence-electron chi connectivity index (χ1n) is 8.94. The number of aliphatic imine (C=N–C) groups is 2. The molecular formula is C22H26N2. The average Bonchev–Trinajstić information content (AvgIpc) is 3.00. The molecule has 0 spiro atoms. The van der Waals surface area contributed by atoms with E-state index in [4.69, 9.17) is 9.98 Å². The van der Waals surface area contributed by atoms with Gasteiger partial charge in [0.05, 0.1) is 11.4 Å². The molecule has 2 nitrogen and oxygen atoms in total. The molecule has 124 valence electrons. The molecule has 2 heteroatoms. The van der Waals surface area contributed by atoms with Crippen LogP contribution < -0.4 is 0 Å². The Morgan fingerprint density at radius 2 is 1.50 bits per heavy atom. The molecule has 2 aromatic rings. The van der Waals surface area contributed by atoms with Gasteiger partial charge in [0.25, 0.3) is 0 Å². The van der Waals surface area contributed by atoms with Crippen LogP contribution in [0.4, 0.5) is 11.4 Å². The zero-order valence-electron chi connectivity index (χ0n) is 15.0. The van der Waals surface area contributed by atoms with Crippen LogP contribution in [-0.2, 0) is 6.42 Å². The molecule has 0 bridgehead atoms. The Hall–Kier alpha value is -2.22. The van der Waals surface area contributed by atoms with E-state index in [1.165, 1.54) is 28.1 Å².